The van der Waals surface area contributed by atoms with Gasteiger partial charge in [-0.1, -0.05) is 27.5 Å². The first-order chi connectivity index (χ1) is 8.11. The van der Waals surface area contributed by atoms with Crippen molar-refractivity contribution in [3.05, 3.63) is 49.6 Å². The maximum absolute atomic E-state index is 10.3. The standard InChI is InChI=1S/C12H10BrClO2S/c1-16-9-3-2-7(13)6-8(9)12(15)10-4-5-11(14)17-10/h2-6,12,15H,1H3. The van der Waals surface area contributed by atoms with Gasteiger partial charge in [0.2, 0.25) is 0 Å². The Bertz CT molecular complexity index is 527. The summed E-state index contributed by atoms with van der Waals surface area (Å²) < 4.78 is 6.80. The number of methoxy groups -OCH3 is 1. The Morgan fingerprint density at radius 2 is 2.12 bits per heavy atom. The van der Waals surface area contributed by atoms with E-state index in [-0.39, 0.29) is 0 Å². The molecule has 17 heavy (non-hydrogen) atoms. The average Bonchev–Trinajstić information content (AvgIpc) is 2.75. The van der Waals surface area contributed by atoms with Crippen LogP contribution in [0.4, 0.5) is 0 Å². The molecule has 0 aliphatic heterocycles. The summed E-state index contributed by atoms with van der Waals surface area (Å²) in [5.41, 5.74) is 0.723. The summed E-state index contributed by atoms with van der Waals surface area (Å²) in [4.78, 5) is 0.798. The number of rotatable bonds is 3. The third-order valence-corrected chi connectivity index (χ3v) is 4.13. The van der Waals surface area contributed by atoms with Gasteiger partial charge in [-0.05, 0) is 30.3 Å². The molecule has 0 spiro atoms. The molecule has 1 unspecified atom stereocenters. The molecule has 0 aliphatic carbocycles. The Balaban J connectivity index is 2.42. The summed E-state index contributed by atoms with van der Waals surface area (Å²) >= 11 is 10.6. The Labute approximate surface area is 117 Å². The predicted octanol–water partition coefficient (Wildman–Crippen LogP) is 4.25. The smallest absolute Gasteiger partial charge is 0.125 e. The van der Waals surface area contributed by atoms with Gasteiger partial charge >= 0.3 is 0 Å². The van der Waals surface area contributed by atoms with Gasteiger partial charge in [0.05, 0.1) is 11.4 Å². The van der Waals surface area contributed by atoms with Gasteiger partial charge in [-0.3, -0.25) is 0 Å². The Morgan fingerprint density at radius 1 is 1.35 bits per heavy atom. The second kappa shape index (κ2) is 5.40. The van der Waals surface area contributed by atoms with Crippen molar-refractivity contribution < 1.29 is 9.84 Å². The van der Waals surface area contributed by atoms with E-state index in [1.807, 2.05) is 24.3 Å². The van der Waals surface area contributed by atoms with E-state index in [0.29, 0.717) is 10.1 Å². The largest absolute Gasteiger partial charge is 0.496 e. The fraction of sp³-hybridized carbons (Fsp3) is 0.167. The first-order valence-corrected chi connectivity index (χ1v) is 6.87. The van der Waals surface area contributed by atoms with Crippen molar-refractivity contribution in [2.45, 2.75) is 6.10 Å². The van der Waals surface area contributed by atoms with Gasteiger partial charge in [0.15, 0.2) is 0 Å². The van der Waals surface area contributed by atoms with Crippen LogP contribution in [0.25, 0.3) is 0 Å². The quantitative estimate of drug-likeness (QED) is 0.909. The number of ether oxygens (including phenoxy) is 1. The van der Waals surface area contributed by atoms with Gasteiger partial charge in [0.25, 0.3) is 0 Å². The van der Waals surface area contributed by atoms with E-state index >= 15 is 0 Å². The van der Waals surface area contributed by atoms with Gasteiger partial charge in [-0.2, -0.15) is 0 Å². The van der Waals surface area contributed by atoms with Crippen LogP contribution in [-0.4, -0.2) is 12.2 Å². The van der Waals surface area contributed by atoms with Gasteiger partial charge in [0.1, 0.15) is 11.9 Å². The Morgan fingerprint density at radius 3 is 2.71 bits per heavy atom. The van der Waals surface area contributed by atoms with Crippen LogP contribution >= 0.6 is 38.9 Å². The molecule has 0 bridgehead atoms. The summed E-state index contributed by atoms with van der Waals surface area (Å²) in [6.07, 6.45) is -0.722. The molecular formula is C12H10BrClO2S. The van der Waals surface area contributed by atoms with E-state index in [0.717, 1.165) is 14.9 Å². The molecular weight excluding hydrogens is 324 g/mol. The molecule has 5 heteroatoms. The summed E-state index contributed by atoms with van der Waals surface area (Å²) in [6, 6.07) is 9.12. The first kappa shape index (κ1) is 12.9. The molecule has 1 atom stereocenters. The van der Waals surface area contributed by atoms with E-state index < -0.39 is 6.10 Å². The number of hydrogen-bond acceptors (Lipinski definition) is 3. The van der Waals surface area contributed by atoms with Gasteiger partial charge in [0, 0.05) is 14.9 Å². The van der Waals surface area contributed by atoms with Crippen molar-refractivity contribution >= 4 is 38.9 Å². The number of halogens is 2. The predicted molar refractivity (Wildman–Crippen MR) is 74.1 cm³/mol. The molecule has 90 valence electrons. The lowest BCUT2D eigenvalue weighted by atomic mass is 10.1. The van der Waals surface area contributed by atoms with Crippen molar-refractivity contribution in [3.63, 3.8) is 0 Å². The zero-order chi connectivity index (χ0) is 12.4. The zero-order valence-electron chi connectivity index (χ0n) is 8.98. The monoisotopic (exact) mass is 332 g/mol. The number of aliphatic hydroxyl groups is 1. The van der Waals surface area contributed by atoms with Crippen molar-refractivity contribution in [1.82, 2.24) is 0 Å². The van der Waals surface area contributed by atoms with E-state index in [1.165, 1.54) is 11.3 Å². The molecule has 2 rings (SSSR count). The van der Waals surface area contributed by atoms with Crippen LogP contribution in [0.2, 0.25) is 4.34 Å². The molecule has 2 aromatic rings. The highest BCUT2D eigenvalue weighted by atomic mass is 79.9. The summed E-state index contributed by atoms with van der Waals surface area (Å²) in [5, 5.41) is 10.3. The fourth-order valence-electron chi connectivity index (χ4n) is 1.55. The molecule has 0 saturated heterocycles. The molecule has 0 amide bonds. The summed E-state index contributed by atoms with van der Waals surface area (Å²) in [7, 11) is 1.58. The molecule has 1 aromatic carbocycles. The summed E-state index contributed by atoms with van der Waals surface area (Å²) in [6.45, 7) is 0. The van der Waals surface area contributed by atoms with Gasteiger partial charge in [-0.25, -0.2) is 0 Å². The van der Waals surface area contributed by atoms with Crippen LogP contribution in [0.1, 0.15) is 16.5 Å². The van der Waals surface area contributed by atoms with Crippen molar-refractivity contribution in [2.24, 2.45) is 0 Å². The molecule has 0 aliphatic rings. The third-order valence-electron chi connectivity index (χ3n) is 2.35. The maximum atomic E-state index is 10.3. The minimum absolute atomic E-state index is 0.658. The number of hydrogen-bond donors (Lipinski definition) is 1. The lowest BCUT2D eigenvalue weighted by molar-refractivity contribution is 0.218. The second-order valence-corrected chi connectivity index (χ2v) is 6.09. The van der Waals surface area contributed by atoms with Crippen molar-refractivity contribution in [3.8, 4) is 5.75 Å². The van der Waals surface area contributed by atoms with Crippen LogP contribution in [0, 0.1) is 0 Å². The topological polar surface area (TPSA) is 29.5 Å². The van der Waals surface area contributed by atoms with Crippen LogP contribution in [-0.2, 0) is 0 Å². The first-order valence-electron chi connectivity index (χ1n) is 4.88. The minimum atomic E-state index is -0.722. The van der Waals surface area contributed by atoms with Gasteiger partial charge < -0.3 is 9.84 Å². The zero-order valence-corrected chi connectivity index (χ0v) is 12.1. The molecule has 1 N–H and O–H groups in total. The molecule has 2 nitrogen and oxygen atoms in total. The Hall–Kier alpha value is -0.550. The van der Waals surface area contributed by atoms with Crippen LogP contribution < -0.4 is 4.74 Å². The third kappa shape index (κ3) is 2.83. The normalized spacial score (nSPS) is 12.5. The number of thiophene rings is 1. The molecule has 0 radical (unpaired) electrons. The van der Waals surface area contributed by atoms with E-state index in [4.69, 9.17) is 16.3 Å². The van der Waals surface area contributed by atoms with Crippen molar-refractivity contribution in [1.29, 1.82) is 0 Å². The van der Waals surface area contributed by atoms with E-state index in [9.17, 15) is 5.11 Å². The lowest BCUT2D eigenvalue weighted by Gasteiger charge is -2.13. The SMILES string of the molecule is COc1ccc(Br)cc1C(O)c1ccc(Cl)s1. The molecule has 0 saturated carbocycles. The lowest BCUT2D eigenvalue weighted by Crippen LogP contribution is -2.00. The second-order valence-electron chi connectivity index (χ2n) is 3.43. The summed E-state index contributed by atoms with van der Waals surface area (Å²) in [5.74, 6) is 0.658. The maximum Gasteiger partial charge on any atom is 0.125 e. The van der Waals surface area contributed by atoms with Crippen LogP contribution in [0.5, 0.6) is 5.75 Å². The average molecular weight is 334 g/mol. The molecule has 1 heterocycles. The van der Waals surface area contributed by atoms with Gasteiger partial charge in [-0.15, -0.1) is 11.3 Å². The highest BCUT2D eigenvalue weighted by molar-refractivity contribution is 9.10. The van der Waals surface area contributed by atoms with Crippen LogP contribution in [0.3, 0.4) is 0 Å². The Kier molecular flexibility index (Phi) is 4.09. The highest BCUT2D eigenvalue weighted by Crippen LogP contribution is 2.36. The fourth-order valence-corrected chi connectivity index (χ4v) is 2.99. The highest BCUT2D eigenvalue weighted by Gasteiger charge is 2.17. The molecule has 0 fully saturated rings. The minimum Gasteiger partial charge on any atom is -0.496 e. The van der Waals surface area contributed by atoms with E-state index in [2.05, 4.69) is 15.9 Å². The van der Waals surface area contributed by atoms with E-state index in [1.54, 1.807) is 13.2 Å². The molecule has 1 aromatic heterocycles. The number of aliphatic hydroxyl groups excluding tert-OH is 1. The number of benzene rings is 1. The van der Waals surface area contributed by atoms with Crippen molar-refractivity contribution in [2.75, 3.05) is 7.11 Å². The van der Waals surface area contributed by atoms with Crippen LogP contribution in [0.15, 0.2) is 34.8 Å².